The summed E-state index contributed by atoms with van der Waals surface area (Å²) in [7, 11) is 0. The van der Waals surface area contributed by atoms with Crippen molar-refractivity contribution < 1.29 is 72.9 Å². The third-order valence-corrected chi connectivity index (χ3v) is 6.93. The molecule has 0 amide bonds. The molecule has 0 atom stereocenters. The first kappa shape index (κ1) is 30.1. The number of carbonyl (C=O) groups is 3. The predicted molar refractivity (Wildman–Crippen MR) is 109 cm³/mol. The number of rotatable bonds is 22. The van der Waals surface area contributed by atoms with Gasteiger partial charge in [0, 0.05) is 0 Å². The van der Waals surface area contributed by atoms with E-state index in [1.165, 1.54) is 0 Å². The fourth-order valence-electron chi connectivity index (χ4n) is 2.47. The van der Waals surface area contributed by atoms with Crippen LogP contribution in [-0.2, 0) is 72.9 Å². The van der Waals surface area contributed by atoms with Crippen LogP contribution in [0.5, 0.6) is 0 Å². The van der Waals surface area contributed by atoms with E-state index in [1.54, 1.807) is 0 Å². The molecule has 0 aromatic carbocycles. The van der Waals surface area contributed by atoms with Crippen molar-refractivity contribution in [2.75, 3.05) is 39.6 Å². The standard InChI is InChI=1S/C18H29O6.3CH2.3Cr/c1-2-18(15-22-12-6-3-9-19,16-23-13-7-4-10-20)17-24-14-8-5-11-21;;;;;;/h2-8,12-17H2,1H3;3*1H2;;;. The molecule has 0 fully saturated rings. The average molecular weight is 539 g/mol. The molecular formula is C21H35Cr3O6. The molecule has 0 unspecified atom stereocenters. The second-order valence-electron chi connectivity index (χ2n) is 6.87. The van der Waals surface area contributed by atoms with E-state index >= 15 is 0 Å². The SMILES string of the molecule is [CH2]=[Cr][C](=O)CCCOCC(CC)(COCCC[C](=O)[Cr]=[CH2])COCCC[C](=O)[Cr]=[CH2]. The van der Waals surface area contributed by atoms with Crippen LogP contribution in [-0.4, -0.2) is 69.7 Å². The third-order valence-electron chi connectivity index (χ3n) is 4.47. The maximum atomic E-state index is 11.4. The topological polar surface area (TPSA) is 78.9 Å². The molecule has 0 saturated heterocycles. The second-order valence-corrected chi connectivity index (χ2v) is 10.4. The van der Waals surface area contributed by atoms with Gasteiger partial charge in [0.05, 0.1) is 0 Å². The van der Waals surface area contributed by atoms with Gasteiger partial charge in [0.2, 0.25) is 0 Å². The molecule has 0 heterocycles. The predicted octanol–water partition coefficient (Wildman–Crippen LogP) is 1.90. The van der Waals surface area contributed by atoms with Crippen molar-refractivity contribution in [3.8, 4) is 0 Å². The van der Waals surface area contributed by atoms with Crippen LogP contribution in [0.1, 0.15) is 51.9 Å². The van der Waals surface area contributed by atoms with Gasteiger partial charge in [-0.1, -0.05) is 0 Å². The fourth-order valence-corrected chi connectivity index (χ4v) is 3.82. The quantitative estimate of drug-likeness (QED) is 0.196. The summed E-state index contributed by atoms with van der Waals surface area (Å²) in [6.07, 6.45) is 4.44. The molecule has 9 heteroatoms. The average Bonchev–Trinajstić information content (AvgIpc) is 2.76. The molecule has 0 aliphatic heterocycles. The molecule has 0 saturated carbocycles. The van der Waals surface area contributed by atoms with Gasteiger partial charge in [-0.25, -0.2) is 0 Å². The first-order valence-electron chi connectivity index (χ1n) is 10.0. The minimum atomic E-state index is -0.291. The summed E-state index contributed by atoms with van der Waals surface area (Å²) in [6, 6.07) is 0. The van der Waals surface area contributed by atoms with Gasteiger partial charge in [-0.15, -0.1) is 0 Å². The molecule has 0 spiro atoms. The number of ether oxygens (including phenoxy) is 3. The Morgan fingerprint density at radius 2 is 0.967 bits per heavy atom. The summed E-state index contributed by atoms with van der Waals surface area (Å²) in [6.45, 7) is 5.07. The van der Waals surface area contributed by atoms with E-state index < -0.39 is 0 Å². The van der Waals surface area contributed by atoms with Crippen molar-refractivity contribution in [3.05, 3.63) is 0 Å². The van der Waals surface area contributed by atoms with Crippen LogP contribution in [0.15, 0.2) is 0 Å². The summed E-state index contributed by atoms with van der Waals surface area (Å²) in [4.78, 5) is 34.2. The summed E-state index contributed by atoms with van der Waals surface area (Å²) < 4.78 is 18.2. The molecular weight excluding hydrogens is 504 g/mol. The zero-order valence-corrected chi connectivity index (χ0v) is 21.8. The number of hydrogen-bond acceptors (Lipinski definition) is 6. The molecule has 173 valence electrons. The molecule has 0 aliphatic carbocycles. The van der Waals surface area contributed by atoms with E-state index in [2.05, 4.69) is 23.1 Å². The normalized spacial score (nSPS) is 11.1. The molecule has 30 heavy (non-hydrogen) atoms. The molecule has 0 aliphatic rings. The van der Waals surface area contributed by atoms with E-state index in [4.69, 9.17) is 14.2 Å². The van der Waals surface area contributed by atoms with Gasteiger partial charge in [-0.3, -0.25) is 0 Å². The summed E-state index contributed by atoms with van der Waals surface area (Å²) >= 11 is -0.579. The maximum absolute atomic E-state index is 11.4. The second kappa shape index (κ2) is 19.8. The molecule has 0 aromatic rings. The van der Waals surface area contributed by atoms with E-state index in [9.17, 15) is 14.4 Å². The van der Waals surface area contributed by atoms with Crippen molar-refractivity contribution in [1.82, 2.24) is 0 Å². The van der Waals surface area contributed by atoms with Crippen molar-refractivity contribution >= 4 is 30.1 Å². The van der Waals surface area contributed by atoms with E-state index in [-0.39, 0.29) is 63.7 Å². The molecule has 6 nitrogen and oxygen atoms in total. The van der Waals surface area contributed by atoms with Crippen molar-refractivity contribution in [2.45, 2.75) is 51.9 Å². The third kappa shape index (κ3) is 15.8. The first-order valence-corrected chi connectivity index (χ1v) is 14.6. The van der Waals surface area contributed by atoms with Crippen molar-refractivity contribution in [1.29, 1.82) is 0 Å². The summed E-state index contributed by atoms with van der Waals surface area (Å²) in [5, 5.41) is 11.0. The molecule has 0 rings (SSSR count). The van der Waals surface area contributed by atoms with Gasteiger partial charge in [-0.2, -0.15) is 0 Å². The van der Waals surface area contributed by atoms with Gasteiger partial charge < -0.3 is 0 Å². The Morgan fingerprint density at radius 1 is 0.667 bits per heavy atom. The Kier molecular flexibility index (Phi) is 19.8. The first-order chi connectivity index (χ1) is 14.4. The zero-order valence-electron chi connectivity index (χ0n) is 18.0. The Hall–Kier alpha value is 0.0974. The zero-order chi connectivity index (χ0) is 22.7. The van der Waals surface area contributed by atoms with Gasteiger partial charge in [0.15, 0.2) is 0 Å². The molecule has 0 bridgehead atoms. The van der Waals surface area contributed by atoms with Gasteiger partial charge in [-0.05, 0) is 0 Å². The molecule has 0 aromatic heterocycles. The molecule has 0 N–H and O–H groups in total. The Labute approximate surface area is 199 Å². The van der Waals surface area contributed by atoms with E-state index in [0.717, 1.165) is 6.42 Å². The van der Waals surface area contributed by atoms with Crippen LogP contribution in [0, 0.1) is 5.41 Å². The monoisotopic (exact) mass is 539 g/mol. The summed E-state index contributed by atoms with van der Waals surface area (Å²) in [5.41, 5.74) is -0.291. The van der Waals surface area contributed by atoms with Crippen LogP contribution < -0.4 is 0 Å². The Bertz CT molecular complexity index is 491. The Balaban J connectivity index is 4.52. The van der Waals surface area contributed by atoms with Crippen molar-refractivity contribution in [3.63, 3.8) is 0 Å². The molecule has 0 radical (unpaired) electrons. The van der Waals surface area contributed by atoms with Crippen LogP contribution in [0.4, 0.5) is 0 Å². The van der Waals surface area contributed by atoms with E-state index in [1.807, 2.05) is 0 Å². The number of carbonyl (C=O) groups excluding carboxylic acids is 3. The van der Waals surface area contributed by atoms with Gasteiger partial charge in [0.1, 0.15) is 0 Å². The van der Waals surface area contributed by atoms with Crippen LogP contribution in [0.25, 0.3) is 0 Å². The fraction of sp³-hybridized carbons (Fsp3) is 0.714. The minimum absolute atomic E-state index is 0.193. The van der Waals surface area contributed by atoms with Crippen LogP contribution in [0.2, 0.25) is 0 Å². The Morgan fingerprint density at radius 3 is 1.20 bits per heavy atom. The van der Waals surface area contributed by atoms with Gasteiger partial charge >= 0.3 is 200 Å². The van der Waals surface area contributed by atoms with Crippen molar-refractivity contribution in [2.24, 2.45) is 5.41 Å². The van der Waals surface area contributed by atoms with E-state index in [0.29, 0.717) is 78.2 Å². The summed E-state index contributed by atoms with van der Waals surface area (Å²) in [5.74, 6) is 0. The number of hydrogen-bond donors (Lipinski definition) is 0. The van der Waals surface area contributed by atoms with Crippen LogP contribution in [0.3, 0.4) is 0 Å². The van der Waals surface area contributed by atoms with Gasteiger partial charge in [0.25, 0.3) is 0 Å². The van der Waals surface area contributed by atoms with Crippen LogP contribution >= 0.6 is 0 Å².